The first-order valence-electron chi connectivity index (χ1n) is 6.16. The minimum atomic E-state index is -0.799. The fourth-order valence-electron chi connectivity index (χ4n) is 2.08. The maximum absolute atomic E-state index is 11.6. The molecule has 2 atom stereocenters. The number of β-lactam (4-membered cyclic amide) rings is 1. The van der Waals surface area contributed by atoms with Gasteiger partial charge in [0.2, 0.25) is 5.91 Å². The highest BCUT2D eigenvalue weighted by atomic mass is 32.2. The maximum atomic E-state index is 11.6. The van der Waals surface area contributed by atoms with Gasteiger partial charge in [0.05, 0.1) is 0 Å². The molecule has 8 nitrogen and oxygen atoms in total. The molecule has 0 spiro atoms. The lowest BCUT2D eigenvalue weighted by molar-refractivity contribution is -0.140. The quantitative estimate of drug-likeness (QED) is 0.402. The molecule has 1 fully saturated rings. The molecule has 2 aliphatic heterocycles. The zero-order valence-corrected chi connectivity index (χ0v) is 12.7. The second kappa shape index (κ2) is 5.35. The third kappa shape index (κ3) is 2.54. The van der Waals surface area contributed by atoms with Gasteiger partial charge in [-0.1, -0.05) is 11.8 Å². The molecular weight excluding hydrogens is 314 g/mol. The van der Waals surface area contributed by atoms with Gasteiger partial charge in [0.1, 0.15) is 11.4 Å². The fraction of sp³-hybridized carbons (Fsp3) is 0.455. The van der Waals surface area contributed by atoms with Crippen LogP contribution >= 0.6 is 23.5 Å². The van der Waals surface area contributed by atoms with Crippen molar-refractivity contribution in [1.29, 1.82) is 0 Å². The van der Waals surface area contributed by atoms with Gasteiger partial charge in [-0.05, 0) is 5.57 Å². The van der Waals surface area contributed by atoms with Gasteiger partial charge in [-0.25, -0.2) is 0 Å². The molecule has 1 aromatic rings. The lowest BCUT2D eigenvalue weighted by Gasteiger charge is -2.45. The predicted molar refractivity (Wildman–Crippen MR) is 80.0 cm³/mol. The Labute approximate surface area is 127 Å². The Morgan fingerprint density at radius 1 is 1.52 bits per heavy atom. The first kappa shape index (κ1) is 14.4. The molecule has 0 aromatic carbocycles. The van der Waals surface area contributed by atoms with Crippen LogP contribution in [0.4, 0.5) is 0 Å². The summed E-state index contributed by atoms with van der Waals surface area (Å²) in [6.07, 6.45) is 1.82. The van der Waals surface area contributed by atoms with Gasteiger partial charge in [0.25, 0.3) is 0 Å². The minimum Gasteiger partial charge on any atom is -0.317 e. The molecule has 112 valence electrons. The smallest absolute Gasteiger partial charge is 0.317 e. The summed E-state index contributed by atoms with van der Waals surface area (Å²) in [7, 11) is 1.62. The van der Waals surface area contributed by atoms with Crippen molar-refractivity contribution in [2.24, 2.45) is 12.8 Å². The third-order valence-corrected chi connectivity index (χ3v) is 5.75. The molecule has 2 aliphatic rings. The lowest BCUT2D eigenvalue weighted by atomic mass is 10.1. The number of aromatic nitrogens is 3. The molecular formula is C11H13N5O3S2. The van der Waals surface area contributed by atoms with Crippen LogP contribution in [0.15, 0.2) is 26.5 Å². The first-order valence-corrected chi connectivity index (χ1v) is 8.20. The monoisotopic (exact) mass is 327 g/mol. The number of carbonyl (C=O) groups excluding carboxylic acids is 1. The van der Waals surface area contributed by atoms with Gasteiger partial charge in [0, 0.05) is 24.8 Å². The van der Waals surface area contributed by atoms with Gasteiger partial charge in [-0.2, -0.15) is 4.98 Å². The number of nitrogens with one attached hydrogen (secondary N) is 1. The summed E-state index contributed by atoms with van der Waals surface area (Å²) in [6.45, 7) is 0. The van der Waals surface area contributed by atoms with Gasteiger partial charge in [0.15, 0.2) is 5.16 Å². The van der Waals surface area contributed by atoms with Gasteiger partial charge >= 0.3 is 11.1 Å². The van der Waals surface area contributed by atoms with Crippen LogP contribution in [-0.2, 0) is 11.8 Å². The Hall–Kier alpha value is -1.52. The zero-order chi connectivity index (χ0) is 15.1. The normalized spacial score (nSPS) is 24.4. The molecule has 0 radical (unpaired) electrons. The highest BCUT2D eigenvalue weighted by molar-refractivity contribution is 8.01. The van der Waals surface area contributed by atoms with Crippen LogP contribution in [0.1, 0.15) is 0 Å². The van der Waals surface area contributed by atoms with E-state index in [4.69, 9.17) is 5.73 Å². The Balaban J connectivity index is 1.70. The van der Waals surface area contributed by atoms with Crippen LogP contribution in [0.3, 0.4) is 0 Å². The topological polar surface area (TPSA) is 114 Å². The Morgan fingerprint density at radius 3 is 3.05 bits per heavy atom. The molecule has 3 N–H and O–H groups in total. The number of fused-ring (bicyclic) bond motifs is 1. The number of nitrogens with zero attached hydrogens (tertiary/aromatic N) is 3. The number of carbonyl (C=O) groups is 1. The van der Waals surface area contributed by atoms with E-state index in [1.165, 1.54) is 16.4 Å². The molecule has 1 amide bonds. The van der Waals surface area contributed by atoms with Crippen molar-refractivity contribution >= 4 is 29.4 Å². The summed E-state index contributed by atoms with van der Waals surface area (Å²) in [6, 6.07) is -0.401. The Bertz CT molecular complexity index is 740. The van der Waals surface area contributed by atoms with Crippen molar-refractivity contribution in [1.82, 2.24) is 19.7 Å². The highest BCUT2D eigenvalue weighted by Gasteiger charge is 2.46. The van der Waals surface area contributed by atoms with Crippen LogP contribution in [0.25, 0.3) is 0 Å². The number of H-pyrrole nitrogens is 1. The van der Waals surface area contributed by atoms with E-state index >= 15 is 0 Å². The molecule has 1 aromatic heterocycles. The third-order valence-electron chi connectivity index (χ3n) is 3.22. The maximum Gasteiger partial charge on any atom is 0.339 e. The summed E-state index contributed by atoms with van der Waals surface area (Å²) < 4.78 is 1.42. The highest BCUT2D eigenvalue weighted by Crippen LogP contribution is 2.36. The molecule has 3 heterocycles. The molecule has 1 saturated heterocycles. The standard InChI is InChI=1S/C11H13N5O3S2/c1-15-11(13-7(17)8(18)14-15)21-4-5-2-16-9(19)6(12)10(16)20-3-5/h2,6,10H,3-4,12H2,1H3,(H,14,18)/t6?,10-/m1/s1. The van der Waals surface area contributed by atoms with E-state index in [-0.39, 0.29) is 11.3 Å². The number of hydrogen-bond donors (Lipinski definition) is 2. The molecule has 1 unspecified atom stereocenters. The van der Waals surface area contributed by atoms with E-state index in [9.17, 15) is 14.4 Å². The molecule has 0 saturated carbocycles. The summed E-state index contributed by atoms with van der Waals surface area (Å²) >= 11 is 2.97. The van der Waals surface area contributed by atoms with E-state index in [2.05, 4.69) is 10.1 Å². The molecule has 10 heteroatoms. The second-order valence-electron chi connectivity index (χ2n) is 4.75. The summed E-state index contributed by atoms with van der Waals surface area (Å²) in [5, 5.41) is 2.87. The van der Waals surface area contributed by atoms with Crippen LogP contribution in [-0.4, -0.2) is 48.5 Å². The Kier molecular flexibility index (Phi) is 3.68. The zero-order valence-electron chi connectivity index (χ0n) is 11.1. The van der Waals surface area contributed by atoms with Gasteiger partial charge < -0.3 is 10.6 Å². The summed E-state index contributed by atoms with van der Waals surface area (Å²) in [4.78, 5) is 39.3. The van der Waals surface area contributed by atoms with Crippen molar-refractivity contribution in [3.8, 4) is 0 Å². The van der Waals surface area contributed by atoms with Crippen LogP contribution in [0, 0.1) is 0 Å². The Morgan fingerprint density at radius 2 is 2.29 bits per heavy atom. The summed E-state index contributed by atoms with van der Waals surface area (Å²) in [5.41, 5.74) is 5.23. The number of aryl methyl sites for hydroxylation is 1. The molecule has 3 rings (SSSR count). The fourth-order valence-corrected chi connectivity index (χ4v) is 4.30. The predicted octanol–water partition coefficient (Wildman–Crippen LogP) is -1.31. The van der Waals surface area contributed by atoms with Crippen molar-refractivity contribution in [3.63, 3.8) is 0 Å². The lowest BCUT2D eigenvalue weighted by Crippen LogP contribution is -2.66. The van der Waals surface area contributed by atoms with Crippen LogP contribution in [0.5, 0.6) is 0 Å². The van der Waals surface area contributed by atoms with Crippen LogP contribution in [0.2, 0.25) is 0 Å². The van der Waals surface area contributed by atoms with E-state index in [1.54, 1.807) is 23.7 Å². The van der Waals surface area contributed by atoms with Crippen LogP contribution < -0.4 is 16.9 Å². The van der Waals surface area contributed by atoms with E-state index in [0.29, 0.717) is 10.9 Å². The number of hydrogen-bond acceptors (Lipinski definition) is 7. The number of amides is 1. The molecule has 21 heavy (non-hydrogen) atoms. The van der Waals surface area contributed by atoms with Crippen molar-refractivity contribution in [3.05, 3.63) is 32.5 Å². The average molecular weight is 327 g/mol. The molecule has 0 aliphatic carbocycles. The number of aromatic amines is 1. The van der Waals surface area contributed by atoms with Crippen molar-refractivity contribution in [2.45, 2.75) is 16.6 Å². The second-order valence-corrected chi connectivity index (χ2v) is 6.80. The molecule has 0 bridgehead atoms. The number of rotatable bonds is 3. The van der Waals surface area contributed by atoms with E-state index < -0.39 is 17.2 Å². The number of thioether (sulfide) groups is 2. The minimum absolute atomic E-state index is 0.0433. The van der Waals surface area contributed by atoms with Crippen molar-refractivity contribution < 1.29 is 4.79 Å². The largest absolute Gasteiger partial charge is 0.339 e. The summed E-state index contributed by atoms with van der Waals surface area (Å²) in [5.74, 6) is 1.31. The van der Waals surface area contributed by atoms with Gasteiger partial charge in [-0.15, -0.1) is 11.8 Å². The van der Waals surface area contributed by atoms with E-state index in [0.717, 1.165) is 11.3 Å². The SMILES string of the molecule is Cn1[nH]c(=O)c(=O)nc1SCC1=CN2C(=O)C(N)[C@H]2SC1. The van der Waals surface area contributed by atoms with E-state index in [1.807, 2.05) is 6.20 Å². The van der Waals surface area contributed by atoms with Gasteiger partial charge in [-0.3, -0.25) is 24.2 Å². The van der Waals surface area contributed by atoms with Crippen molar-refractivity contribution in [2.75, 3.05) is 11.5 Å². The number of nitrogens with two attached hydrogens (primary N) is 1. The average Bonchev–Trinajstić information content (AvgIpc) is 2.48. The first-order chi connectivity index (χ1) is 9.97.